The number of benzene rings is 2. The normalized spacial score (nSPS) is 14.8. The van der Waals surface area contributed by atoms with Crippen molar-refractivity contribution in [2.45, 2.75) is 12.3 Å². The van der Waals surface area contributed by atoms with Crippen LogP contribution >= 0.6 is 11.6 Å². The first-order chi connectivity index (χ1) is 15.3. The quantitative estimate of drug-likeness (QED) is 0.340. The molecule has 0 aliphatic carbocycles. The molecule has 0 spiro atoms. The number of rotatable bonds is 5. The molecular weight excluding hydrogens is 440 g/mol. The number of fused-ring (bicyclic) bond motifs is 1. The second-order valence-corrected chi connectivity index (χ2v) is 7.31. The third-order valence-electron chi connectivity index (χ3n) is 4.73. The average molecular weight is 455 g/mol. The lowest BCUT2D eigenvalue weighted by molar-refractivity contribution is -0.383. The molecule has 1 aliphatic rings. The van der Waals surface area contributed by atoms with Crippen molar-refractivity contribution in [3.8, 4) is 0 Å². The molecule has 0 bridgehead atoms. The number of anilines is 4. The zero-order valence-electron chi connectivity index (χ0n) is 16.2. The molecular formula is C20H15ClN6O5. The lowest BCUT2D eigenvalue weighted by Gasteiger charge is -2.23. The van der Waals surface area contributed by atoms with E-state index in [0.29, 0.717) is 10.7 Å². The first kappa shape index (κ1) is 21.0. The van der Waals surface area contributed by atoms with Gasteiger partial charge in [-0.15, -0.1) is 0 Å². The number of hydrogen-bond acceptors (Lipinski definition) is 7. The Kier molecular flexibility index (Phi) is 5.56. The van der Waals surface area contributed by atoms with Crippen LogP contribution in [-0.4, -0.2) is 26.7 Å². The first-order valence-corrected chi connectivity index (χ1v) is 9.70. The summed E-state index contributed by atoms with van der Waals surface area (Å²) in [6.45, 7) is 0. The van der Waals surface area contributed by atoms with Gasteiger partial charge in [0.25, 0.3) is 11.2 Å². The molecule has 4 rings (SSSR count). The standard InChI is InChI=1S/C20H15ClN6O5/c21-10-5-7-11(8-6-10)22-20-25-17-16(19(30)26-20)12(9-15(28)24-17)18(29)23-13-3-1-2-4-14(13)27(31)32/h1-8,12H,9H2,(H,23,29)(H3,22,24,25,26,28,30). The van der Waals surface area contributed by atoms with Crippen molar-refractivity contribution in [3.05, 3.63) is 79.6 Å². The fraction of sp³-hybridized carbons (Fsp3) is 0.100. The van der Waals surface area contributed by atoms with Crippen molar-refractivity contribution in [3.63, 3.8) is 0 Å². The summed E-state index contributed by atoms with van der Waals surface area (Å²) in [6, 6.07) is 12.2. The van der Waals surface area contributed by atoms with Gasteiger partial charge >= 0.3 is 0 Å². The van der Waals surface area contributed by atoms with Crippen molar-refractivity contribution in [1.29, 1.82) is 0 Å². The Morgan fingerprint density at radius 3 is 2.59 bits per heavy atom. The van der Waals surface area contributed by atoms with Gasteiger partial charge in [0.1, 0.15) is 11.5 Å². The van der Waals surface area contributed by atoms with Gasteiger partial charge < -0.3 is 16.0 Å². The number of nitro groups is 1. The van der Waals surface area contributed by atoms with Crippen LogP contribution in [0.5, 0.6) is 0 Å². The van der Waals surface area contributed by atoms with Crippen LogP contribution in [0.4, 0.5) is 28.8 Å². The van der Waals surface area contributed by atoms with Crippen LogP contribution in [-0.2, 0) is 9.59 Å². The summed E-state index contributed by atoms with van der Waals surface area (Å²) >= 11 is 5.86. The third-order valence-corrected chi connectivity index (χ3v) is 4.99. The molecule has 11 nitrogen and oxygen atoms in total. The van der Waals surface area contributed by atoms with E-state index in [1.54, 1.807) is 24.3 Å². The minimum absolute atomic E-state index is 0.0395. The molecule has 2 aromatic carbocycles. The number of nitro benzene ring substituents is 1. The van der Waals surface area contributed by atoms with Crippen molar-refractivity contribution >= 4 is 52.2 Å². The number of halogens is 1. The molecule has 12 heteroatoms. The predicted octanol–water partition coefficient (Wildman–Crippen LogP) is 3.14. The zero-order valence-corrected chi connectivity index (χ0v) is 17.0. The van der Waals surface area contributed by atoms with Crippen LogP contribution < -0.4 is 21.5 Å². The number of nitrogens with one attached hydrogen (secondary N) is 4. The highest BCUT2D eigenvalue weighted by molar-refractivity contribution is 6.30. The third kappa shape index (κ3) is 4.27. The van der Waals surface area contributed by atoms with Crippen LogP contribution in [0.3, 0.4) is 0 Å². The van der Waals surface area contributed by atoms with Gasteiger partial charge in [-0.25, -0.2) is 0 Å². The molecule has 2 amide bonds. The summed E-state index contributed by atoms with van der Waals surface area (Å²) in [5.74, 6) is -2.45. The molecule has 1 aliphatic heterocycles. The number of nitrogens with zero attached hydrogens (tertiary/aromatic N) is 2. The maximum absolute atomic E-state index is 12.9. The Bertz CT molecular complexity index is 1290. The molecule has 32 heavy (non-hydrogen) atoms. The lowest BCUT2D eigenvalue weighted by Crippen LogP contribution is -2.36. The number of carbonyl (C=O) groups excluding carboxylic acids is 2. The van der Waals surface area contributed by atoms with Crippen LogP contribution in [0.2, 0.25) is 5.02 Å². The van der Waals surface area contributed by atoms with Crippen molar-refractivity contribution in [1.82, 2.24) is 9.97 Å². The van der Waals surface area contributed by atoms with Gasteiger partial charge in [-0.2, -0.15) is 4.98 Å². The number of aromatic amines is 1. The van der Waals surface area contributed by atoms with Gasteiger partial charge in [-0.05, 0) is 30.3 Å². The van der Waals surface area contributed by atoms with Gasteiger partial charge in [0.15, 0.2) is 0 Å². The van der Waals surface area contributed by atoms with Crippen LogP contribution in [0.25, 0.3) is 0 Å². The van der Waals surface area contributed by atoms with Crippen molar-refractivity contribution in [2.24, 2.45) is 0 Å². The van der Waals surface area contributed by atoms with Crippen LogP contribution in [0, 0.1) is 10.1 Å². The average Bonchev–Trinajstić information content (AvgIpc) is 2.74. The number of amides is 2. The largest absolute Gasteiger partial charge is 0.326 e. The SMILES string of the molecule is O=C1CC(C(=O)Nc2ccccc2[N+](=O)[O-])c2c(nc(Nc3ccc(Cl)cc3)[nH]c2=O)N1. The molecule has 3 aromatic rings. The number of para-hydroxylation sites is 2. The van der Waals surface area contributed by atoms with E-state index < -0.39 is 28.2 Å². The number of H-pyrrole nitrogens is 1. The van der Waals surface area contributed by atoms with E-state index in [2.05, 4.69) is 25.9 Å². The van der Waals surface area contributed by atoms with Crippen LogP contribution in [0.15, 0.2) is 53.3 Å². The summed E-state index contributed by atoms with van der Waals surface area (Å²) in [5.41, 5.74) is -0.432. The second-order valence-electron chi connectivity index (χ2n) is 6.88. The molecule has 0 fully saturated rings. The second kappa shape index (κ2) is 8.47. The molecule has 162 valence electrons. The summed E-state index contributed by atoms with van der Waals surface area (Å²) < 4.78 is 0. The molecule has 1 unspecified atom stereocenters. The van der Waals surface area contributed by atoms with E-state index in [1.807, 2.05) is 0 Å². The lowest BCUT2D eigenvalue weighted by atomic mass is 9.92. The number of aromatic nitrogens is 2. The monoisotopic (exact) mass is 454 g/mol. The Morgan fingerprint density at radius 1 is 1.16 bits per heavy atom. The summed E-state index contributed by atoms with van der Waals surface area (Å²) in [6.07, 6.45) is -0.311. The van der Waals surface area contributed by atoms with Crippen molar-refractivity contribution in [2.75, 3.05) is 16.0 Å². The fourth-order valence-corrected chi connectivity index (χ4v) is 3.41. The van der Waals surface area contributed by atoms with Gasteiger partial charge in [0.2, 0.25) is 17.8 Å². The smallest absolute Gasteiger partial charge is 0.292 e. The Labute approximate surface area is 185 Å². The first-order valence-electron chi connectivity index (χ1n) is 9.33. The zero-order chi connectivity index (χ0) is 22.8. The maximum atomic E-state index is 12.9. The highest BCUT2D eigenvalue weighted by Crippen LogP contribution is 2.31. The Hall–Kier alpha value is -4.25. The molecule has 1 atom stereocenters. The summed E-state index contributed by atoms with van der Waals surface area (Å²) in [5, 5.41) is 19.6. The molecule has 0 saturated heterocycles. The molecule has 2 heterocycles. The number of carbonyl (C=O) groups is 2. The molecule has 4 N–H and O–H groups in total. The van der Waals surface area contributed by atoms with E-state index in [9.17, 15) is 24.5 Å². The molecule has 1 aromatic heterocycles. The van der Waals surface area contributed by atoms with Gasteiger partial charge in [0, 0.05) is 23.2 Å². The van der Waals surface area contributed by atoms with Gasteiger partial charge in [-0.1, -0.05) is 23.7 Å². The minimum Gasteiger partial charge on any atom is -0.326 e. The number of hydrogen-bond donors (Lipinski definition) is 4. The predicted molar refractivity (Wildman–Crippen MR) is 117 cm³/mol. The molecule has 0 radical (unpaired) electrons. The highest BCUT2D eigenvalue weighted by atomic mass is 35.5. The van der Waals surface area contributed by atoms with E-state index in [0.717, 1.165) is 0 Å². The van der Waals surface area contributed by atoms with Gasteiger partial charge in [0.05, 0.1) is 16.4 Å². The summed E-state index contributed by atoms with van der Waals surface area (Å²) in [4.78, 5) is 55.2. The topological polar surface area (TPSA) is 159 Å². The molecule has 0 saturated carbocycles. The summed E-state index contributed by atoms with van der Waals surface area (Å²) in [7, 11) is 0. The van der Waals surface area contributed by atoms with E-state index in [4.69, 9.17) is 11.6 Å². The fourth-order valence-electron chi connectivity index (χ4n) is 3.28. The van der Waals surface area contributed by atoms with Crippen molar-refractivity contribution < 1.29 is 14.5 Å². The van der Waals surface area contributed by atoms with Crippen LogP contribution in [0.1, 0.15) is 17.9 Å². The Balaban J connectivity index is 1.65. The van der Waals surface area contributed by atoms with E-state index in [-0.39, 0.29) is 35.1 Å². The van der Waals surface area contributed by atoms with E-state index in [1.165, 1.54) is 24.3 Å². The minimum atomic E-state index is -1.18. The van der Waals surface area contributed by atoms with E-state index >= 15 is 0 Å². The Morgan fingerprint density at radius 2 is 1.88 bits per heavy atom. The highest BCUT2D eigenvalue weighted by Gasteiger charge is 2.35. The maximum Gasteiger partial charge on any atom is 0.292 e. The van der Waals surface area contributed by atoms with Gasteiger partial charge in [-0.3, -0.25) is 29.5 Å².